The van der Waals surface area contributed by atoms with Gasteiger partial charge in [0.1, 0.15) is 0 Å². The first-order valence-corrected chi connectivity index (χ1v) is 5.57. The van der Waals surface area contributed by atoms with E-state index in [0.717, 1.165) is 0 Å². The zero-order chi connectivity index (χ0) is 13.0. The molecule has 2 rings (SSSR count). The number of aromatic amines is 1. The van der Waals surface area contributed by atoms with E-state index in [9.17, 15) is 4.79 Å². The normalized spacial score (nSPS) is 10.8. The summed E-state index contributed by atoms with van der Waals surface area (Å²) < 4.78 is 0. The van der Waals surface area contributed by atoms with Gasteiger partial charge in [-0.25, -0.2) is 9.89 Å². The number of hydrogen-bond acceptors (Lipinski definition) is 5. The minimum atomic E-state index is -0.559. The molecular weight excluding hydrogens is 277 g/mol. The molecule has 0 atom stereocenters. The zero-order valence-corrected chi connectivity index (χ0v) is 10.4. The fourth-order valence-corrected chi connectivity index (χ4v) is 1.51. The van der Waals surface area contributed by atoms with Gasteiger partial charge in [-0.15, -0.1) is 0 Å². The van der Waals surface area contributed by atoms with Crippen molar-refractivity contribution in [3.05, 3.63) is 50.5 Å². The Morgan fingerprint density at radius 3 is 3.00 bits per heavy atom. The van der Waals surface area contributed by atoms with E-state index in [1.807, 2.05) is 0 Å². The van der Waals surface area contributed by atoms with Crippen molar-refractivity contribution in [2.24, 2.45) is 5.10 Å². The Labute approximate surface area is 112 Å². The summed E-state index contributed by atoms with van der Waals surface area (Å²) in [4.78, 5) is 14.4. The molecule has 1 aromatic heterocycles. The largest absolute Gasteiger partial charge is 0.363 e. The summed E-state index contributed by atoms with van der Waals surface area (Å²) in [5.41, 5.74) is 2.64. The summed E-state index contributed by atoms with van der Waals surface area (Å²) in [5, 5.41) is 10.4. The van der Waals surface area contributed by atoms with E-state index in [1.165, 1.54) is 12.4 Å². The number of anilines is 1. The quantitative estimate of drug-likeness (QED) is 0.666. The predicted octanol–water partition coefficient (Wildman–Crippen LogP) is 1.92. The Balaban J connectivity index is 2.12. The van der Waals surface area contributed by atoms with Crippen molar-refractivity contribution in [3.63, 3.8) is 0 Å². The average molecular weight is 284 g/mol. The molecule has 0 saturated carbocycles. The summed E-state index contributed by atoms with van der Waals surface area (Å²) in [6.07, 6.45) is 2.80. The molecule has 1 aromatic carbocycles. The molecule has 1 heterocycles. The summed E-state index contributed by atoms with van der Waals surface area (Å²) in [6, 6.07) is 5.18. The number of benzene rings is 1. The van der Waals surface area contributed by atoms with E-state index in [-0.39, 0.29) is 5.82 Å². The maximum absolute atomic E-state index is 10.9. The first-order chi connectivity index (χ1) is 8.66. The first-order valence-electron chi connectivity index (χ1n) is 4.81. The van der Waals surface area contributed by atoms with E-state index in [2.05, 4.69) is 25.7 Å². The van der Waals surface area contributed by atoms with Gasteiger partial charge < -0.3 is 0 Å². The molecule has 92 valence electrons. The van der Waals surface area contributed by atoms with Crippen LogP contribution in [0.15, 0.2) is 34.3 Å². The second-order valence-corrected chi connectivity index (χ2v) is 3.97. The molecule has 0 radical (unpaired) electrons. The summed E-state index contributed by atoms with van der Waals surface area (Å²) in [6.45, 7) is 0. The number of halogens is 2. The van der Waals surface area contributed by atoms with Crippen molar-refractivity contribution < 1.29 is 0 Å². The SMILES string of the molecule is O=c1nc(N/N=C/c2cccc(Cl)c2Cl)cn[nH]1. The third-order valence-electron chi connectivity index (χ3n) is 1.93. The van der Waals surface area contributed by atoms with Crippen molar-refractivity contribution in [1.82, 2.24) is 15.2 Å². The molecule has 2 N–H and O–H groups in total. The molecule has 8 heteroatoms. The number of H-pyrrole nitrogens is 1. The molecule has 0 bridgehead atoms. The van der Waals surface area contributed by atoms with Crippen LogP contribution in [0.4, 0.5) is 5.82 Å². The zero-order valence-electron chi connectivity index (χ0n) is 8.89. The van der Waals surface area contributed by atoms with E-state index in [4.69, 9.17) is 23.2 Å². The molecule has 0 spiro atoms. The number of aromatic nitrogens is 3. The number of nitrogens with one attached hydrogen (secondary N) is 2. The van der Waals surface area contributed by atoms with Gasteiger partial charge in [-0.05, 0) is 6.07 Å². The fourth-order valence-electron chi connectivity index (χ4n) is 1.15. The maximum atomic E-state index is 10.9. The second-order valence-electron chi connectivity index (χ2n) is 3.19. The van der Waals surface area contributed by atoms with Crippen LogP contribution in [0, 0.1) is 0 Å². The lowest BCUT2D eigenvalue weighted by Gasteiger charge is -2.00. The molecule has 0 unspecified atom stereocenters. The molecule has 0 saturated heterocycles. The molecule has 0 aliphatic carbocycles. The highest BCUT2D eigenvalue weighted by Crippen LogP contribution is 2.24. The molecule has 0 fully saturated rings. The lowest BCUT2D eigenvalue weighted by atomic mass is 10.2. The Bertz CT molecular complexity index is 640. The van der Waals surface area contributed by atoms with Gasteiger partial charge in [0.2, 0.25) is 0 Å². The molecular formula is C10H7Cl2N5O. The molecule has 0 aliphatic heterocycles. The van der Waals surface area contributed by atoms with Crippen LogP contribution >= 0.6 is 23.2 Å². The van der Waals surface area contributed by atoms with Crippen molar-refractivity contribution in [2.45, 2.75) is 0 Å². The smallest absolute Gasteiger partial charge is 0.260 e. The van der Waals surface area contributed by atoms with Crippen molar-refractivity contribution in [1.29, 1.82) is 0 Å². The number of hydrazone groups is 1. The minimum absolute atomic E-state index is 0.230. The lowest BCUT2D eigenvalue weighted by molar-refractivity contribution is 0.913. The van der Waals surface area contributed by atoms with Gasteiger partial charge in [0.15, 0.2) is 5.82 Å². The van der Waals surface area contributed by atoms with Gasteiger partial charge in [-0.2, -0.15) is 15.2 Å². The second kappa shape index (κ2) is 5.61. The van der Waals surface area contributed by atoms with Crippen LogP contribution < -0.4 is 11.1 Å². The van der Waals surface area contributed by atoms with Gasteiger partial charge in [0.05, 0.1) is 22.5 Å². The first kappa shape index (κ1) is 12.5. The topological polar surface area (TPSA) is 83.0 Å². The Morgan fingerprint density at radius 1 is 1.39 bits per heavy atom. The van der Waals surface area contributed by atoms with Crippen LogP contribution in [-0.2, 0) is 0 Å². The Hall–Kier alpha value is -1.92. The van der Waals surface area contributed by atoms with E-state index in [1.54, 1.807) is 18.2 Å². The Morgan fingerprint density at radius 2 is 2.22 bits per heavy atom. The van der Waals surface area contributed by atoms with Crippen molar-refractivity contribution in [2.75, 3.05) is 5.43 Å². The standard InChI is InChI=1S/C10H7Cl2N5O/c11-7-3-1-2-6(9(7)12)4-13-16-8-5-14-17-10(18)15-8/h1-5H,(H2,15,16,17,18)/b13-4+. The van der Waals surface area contributed by atoms with Gasteiger partial charge in [0, 0.05) is 5.56 Å². The highest BCUT2D eigenvalue weighted by Gasteiger charge is 2.01. The maximum Gasteiger partial charge on any atom is 0.363 e. The van der Waals surface area contributed by atoms with Crippen LogP contribution in [0.3, 0.4) is 0 Å². The molecule has 0 aliphatic rings. The van der Waals surface area contributed by atoms with E-state index in [0.29, 0.717) is 15.6 Å². The summed E-state index contributed by atoms with van der Waals surface area (Å²) in [5.74, 6) is 0.230. The van der Waals surface area contributed by atoms with Crippen LogP contribution in [-0.4, -0.2) is 21.4 Å². The predicted molar refractivity (Wildman–Crippen MR) is 70.3 cm³/mol. The molecule has 0 amide bonds. The molecule has 2 aromatic rings. The lowest BCUT2D eigenvalue weighted by Crippen LogP contribution is -2.13. The average Bonchev–Trinajstić information content (AvgIpc) is 2.35. The summed E-state index contributed by atoms with van der Waals surface area (Å²) in [7, 11) is 0. The minimum Gasteiger partial charge on any atom is -0.260 e. The van der Waals surface area contributed by atoms with Crippen LogP contribution in [0.2, 0.25) is 10.0 Å². The highest BCUT2D eigenvalue weighted by molar-refractivity contribution is 6.43. The Kier molecular flexibility index (Phi) is 3.91. The third-order valence-corrected chi connectivity index (χ3v) is 2.77. The van der Waals surface area contributed by atoms with Crippen LogP contribution in [0.1, 0.15) is 5.56 Å². The highest BCUT2D eigenvalue weighted by atomic mass is 35.5. The monoisotopic (exact) mass is 283 g/mol. The fraction of sp³-hybridized carbons (Fsp3) is 0. The van der Waals surface area contributed by atoms with Gasteiger partial charge >= 0.3 is 5.69 Å². The summed E-state index contributed by atoms with van der Waals surface area (Å²) >= 11 is 11.8. The number of hydrogen-bond donors (Lipinski definition) is 2. The number of rotatable bonds is 3. The molecule has 6 nitrogen and oxygen atoms in total. The van der Waals surface area contributed by atoms with Gasteiger partial charge in [-0.3, -0.25) is 5.43 Å². The number of nitrogens with zero attached hydrogens (tertiary/aromatic N) is 3. The van der Waals surface area contributed by atoms with Crippen LogP contribution in [0.5, 0.6) is 0 Å². The van der Waals surface area contributed by atoms with E-state index >= 15 is 0 Å². The molecule has 18 heavy (non-hydrogen) atoms. The van der Waals surface area contributed by atoms with Crippen molar-refractivity contribution >= 4 is 35.2 Å². The van der Waals surface area contributed by atoms with Crippen LogP contribution in [0.25, 0.3) is 0 Å². The van der Waals surface area contributed by atoms with Crippen molar-refractivity contribution in [3.8, 4) is 0 Å². The third kappa shape index (κ3) is 3.06. The van der Waals surface area contributed by atoms with Gasteiger partial charge in [-0.1, -0.05) is 35.3 Å². The van der Waals surface area contributed by atoms with E-state index < -0.39 is 5.69 Å². The van der Waals surface area contributed by atoms with Gasteiger partial charge in [0.25, 0.3) is 0 Å².